The van der Waals surface area contributed by atoms with Crippen molar-refractivity contribution >= 4 is 28.3 Å². The number of halogens is 3. The number of hydrogen-bond acceptors (Lipinski definition) is 8. The molecule has 206 valence electrons. The van der Waals surface area contributed by atoms with Crippen LogP contribution < -0.4 is 10.1 Å². The van der Waals surface area contributed by atoms with E-state index in [-0.39, 0.29) is 27.7 Å². The standard InChI is InChI=1S/C26H23F3N8O2S/c1-36-9-7-20(35-36)39-21-11-18-17(12-31-21)34-24(22-16(27)6-3-8-30-22)37(18)15-5-2-4-14(10-15)33-25(38)26-32-13-19(40-26)23(28)29/h3,6-9,11-15,23H,2,4-5,10H2,1H3,(H,33,38). The fourth-order valence-corrected chi connectivity index (χ4v) is 5.62. The smallest absolute Gasteiger partial charge is 0.280 e. The third-order valence-electron chi connectivity index (χ3n) is 6.70. The first kappa shape index (κ1) is 25.9. The van der Waals surface area contributed by atoms with Gasteiger partial charge in [-0.05, 0) is 37.8 Å². The van der Waals surface area contributed by atoms with Crippen molar-refractivity contribution in [3.8, 4) is 23.3 Å². The number of amides is 1. The highest BCUT2D eigenvalue weighted by Crippen LogP contribution is 2.37. The predicted molar refractivity (Wildman–Crippen MR) is 140 cm³/mol. The number of thiazole rings is 1. The maximum atomic E-state index is 14.9. The van der Waals surface area contributed by atoms with E-state index >= 15 is 0 Å². The zero-order valence-electron chi connectivity index (χ0n) is 21.2. The summed E-state index contributed by atoms with van der Waals surface area (Å²) >= 11 is 0.677. The third kappa shape index (κ3) is 5.13. The summed E-state index contributed by atoms with van der Waals surface area (Å²) in [5.74, 6) is -0.0161. The molecule has 1 aliphatic rings. The first-order valence-electron chi connectivity index (χ1n) is 12.6. The number of nitrogens with zero attached hydrogens (tertiary/aromatic N) is 7. The summed E-state index contributed by atoms with van der Waals surface area (Å²) in [5, 5.41) is 7.15. The number of rotatable bonds is 7. The summed E-state index contributed by atoms with van der Waals surface area (Å²) in [6.45, 7) is 0. The van der Waals surface area contributed by atoms with Gasteiger partial charge in [0.1, 0.15) is 11.2 Å². The first-order chi connectivity index (χ1) is 19.4. The van der Waals surface area contributed by atoms with Gasteiger partial charge in [0.05, 0.1) is 16.6 Å². The molecule has 2 unspecified atom stereocenters. The average molecular weight is 569 g/mol. The van der Waals surface area contributed by atoms with Crippen molar-refractivity contribution in [1.29, 1.82) is 0 Å². The quantitative estimate of drug-likeness (QED) is 0.277. The molecule has 6 rings (SSSR count). The Morgan fingerprint density at radius 2 is 2.05 bits per heavy atom. The van der Waals surface area contributed by atoms with Gasteiger partial charge in [-0.2, -0.15) is 0 Å². The number of aryl methyl sites for hydroxylation is 1. The van der Waals surface area contributed by atoms with Crippen LogP contribution in [0.15, 0.2) is 49.1 Å². The number of alkyl halides is 2. The van der Waals surface area contributed by atoms with E-state index < -0.39 is 18.1 Å². The molecule has 1 amide bonds. The number of aromatic nitrogens is 7. The summed E-state index contributed by atoms with van der Waals surface area (Å²) in [6.07, 6.45) is 5.86. The van der Waals surface area contributed by atoms with Gasteiger partial charge in [0, 0.05) is 49.9 Å². The van der Waals surface area contributed by atoms with Gasteiger partial charge >= 0.3 is 0 Å². The number of carbonyl (C=O) groups excluding carboxylic acids is 1. The SMILES string of the molecule is Cn1ccc(Oc2cc3c(cn2)nc(-c2ncccc2F)n3C2CCCC(NC(=O)c3ncc(C(F)F)s3)C2)n1. The van der Waals surface area contributed by atoms with E-state index in [0.29, 0.717) is 52.8 Å². The van der Waals surface area contributed by atoms with E-state index in [9.17, 15) is 18.0 Å². The molecule has 0 aliphatic heterocycles. The molecule has 0 spiro atoms. The molecule has 1 fully saturated rings. The summed E-state index contributed by atoms with van der Waals surface area (Å²) in [6, 6.07) is 5.83. The van der Waals surface area contributed by atoms with Crippen molar-refractivity contribution in [1.82, 2.24) is 39.6 Å². The summed E-state index contributed by atoms with van der Waals surface area (Å²) in [7, 11) is 1.77. The largest absolute Gasteiger partial charge is 0.419 e. The van der Waals surface area contributed by atoms with Crippen LogP contribution in [0.3, 0.4) is 0 Å². The number of imidazole rings is 1. The zero-order valence-corrected chi connectivity index (χ0v) is 22.0. The lowest BCUT2D eigenvalue weighted by atomic mass is 9.90. The molecule has 2 atom stereocenters. The van der Waals surface area contributed by atoms with Crippen molar-refractivity contribution < 1.29 is 22.7 Å². The minimum atomic E-state index is -2.68. The Balaban J connectivity index is 1.34. The van der Waals surface area contributed by atoms with Gasteiger partial charge in [-0.15, -0.1) is 16.4 Å². The van der Waals surface area contributed by atoms with Crippen LogP contribution in [0.25, 0.3) is 22.6 Å². The van der Waals surface area contributed by atoms with Crippen LogP contribution in [0.1, 0.15) is 52.8 Å². The molecule has 1 saturated carbocycles. The van der Waals surface area contributed by atoms with Crippen LogP contribution in [0, 0.1) is 5.82 Å². The topological polar surface area (TPSA) is 113 Å². The van der Waals surface area contributed by atoms with E-state index in [1.165, 1.54) is 18.3 Å². The predicted octanol–water partition coefficient (Wildman–Crippen LogP) is 5.47. The van der Waals surface area contributed by atoms with E-state index in [2.05, 4.69) is 30.4 Å². The lowest BCUT2D eigenvalue weighted by Crippen LogP contribution is -2.39. The van der Waals surface area contributed by atoms with Gasteiger partial charge in [0.2, 0.25) is 11.8 Å². The van der Waals surface area contributed by atoms with E-state index in [0.717, 1.165) is 19.0 Å². The average Bonchev–Trinajstić information content (AvgIpc) is 3.68. The molecule has 1 aliphatic carbocycles. The Labute approximate surface area is 229 Å². The Morgan fingerprint density at radius 1 is 1.18 bits per heavy atom. The van der Waals surface area contributed by atoms with Crippen molar-refractivity contribution in [2.24, 2.45) is 7.05 Å². The van der Waals surface area contributed by atoms with Gasteiger partial charge in [-0.25, -0.2) is 33.1 Å². The zero-order chi connectivity index (χ0) is 27.8. The molecule has 0 radical (unpaired) electrons. The number of ether oxygens (including phenoxy) is 1. The van der Waals surface area contributed by atoms with Crippen LogP contribution in [0.2, 0.25) is 0 Å². The summed E-state index contributed by atoms with van der Waals surface area (Å²) < 4.78 is 50.3. The number of nitrogens with one attached hydrogen (secondary N) is 1. The molecule has 0 saturated heterocycles. The maximum Gasteiger partial charge on any atom is 0.280 e. The van der Waals surface area contributed by atoms with Crippen LogP contribution in [-0.2, 0) is 7.05 Å². The Kier molecular flexibility index (Phi) is 6.92. The van der Waals surface area contributed by atoms with Gasteiger partial charge < -0.3 is 14.6 Å². The molecule has 5 aromatic heterocycles. The normalized spacial score (nSPS) is 17.4. The number of hydrogen-bond donors (Lipinski definition) is 1. The lowest BCUT2D eigenvalue weighted by Gasteiger charge is -2.31. The molecule has 5 aromatic rings. The summed E-state index contributed by atoms with van der Waals surface area (Å²) in [5.41, 5.74) is 1.29. The molecule has 5 heterocycles. The van der Waals surface area contributed by atoms with Crippen molar-refractivity contribution in [2.45, 2.75) is 44.2 Å². The molecule has 0 aromatic carbocycles. The maximum absolute atomic E-state index is 14.9. The highest BCUT2D eigenvalue weighted by Gasteiger charge is 2.30. The van der Waals surface area contributed by atoms with Crippen LogP contribution >= 0.6 is 11.3 Å². The highest BCUT2D eigenvalue weighted by molar-refractivity contribution is 7.13. The van der Waals surface area contributed by atoms with Crippen LogP contribution in [0.4, 0.5) is 13.2 Å². The monoisotopic (exact) mass is 568 g/mol. The number of carbonyl (C=O) groups is 1. The highest BCUT2D eigenvalue weighted by atomic mass is 32.1. The third-order valence-corrected chi connectivity index (χ3v) is 7.70. The van der Waals surface area contributed by atoms with Gasteiger partial charge in [0.15, 0.2) is 16.6 Å². The lowest BCUT2D eigenvalue weighted by molar-refractivity contribution is 0.0920. The molecular weight excluding hydrogens is 545 g/mol. The second kappa shape index (κ2) is 10.7. The molecule has 0 bridgehead atoms. The van der Waals surface area contributed by atoms with Gasteiger partial charge in [-0.1, -0.05) is 0 Å². The first-order valence-corrected chi connectivity index (χ1v) is 13.4. The van der Waals surface area contributed by atoms with E-state index in [1.54, 1.807) is 36.3 Å². The Hall–Kier alpha value is -4.33. The number of fused-ring (bicyclic) bond motifs is 1. The molecular formula is C26H23F3N8O2S. The number of pyridine rings is 2. The van der Waals surface area contributed by atoms with Gasteiger partial charge in [0.25, 0.3) is 12.3 Å². The van der Waals surface area contributed by atoms with E-state index in [4.69, 9.17) is 4.74 Å². The second-order valence-corrected chi connectivity index (χ2v) is 10.5. The second-order valence-electron chi connectivity index (χ2n) is 9.44. The minimum Gasteiger partial charge on any atom is -0.419 e. The molecule has 40 heavy (non-hydrogen) atoms. The van der Waals surface area contributed by atoms with Crippen molar-refractivity contribution in [2.75, 3.05) is 0 Å². The minimum absolute atomic E-state index is 0.0101. The Morgan fingerprint density at radius 3 is 2.80 bits per heavy atom. The fraction of sp³-hybridized carbons (Fsp3) is 0.308. The van der Waals surface area contributed by atoms with Crippen molar-refractivity contribution in [3.63, 3.8) is 0 Å². The van der Waals surface area contributed by atoms with Crippen LogP contribution in [-0.4, -0.2) is 46.2 Å². The Bertz CT molecular complexity index is 1680. The van der Waals surface area contributed by atoms with Crippen molar-refractivity contribution in [3.05, 3.63) is 64.8 Å². The molecule has 14 heteroatoms. The van der Waals surface area contributed by atoms with Crippen LogP contribution in [0.5, 0.6) is 11.8 Å². The molecule has 10 nitrogen and oxygen atoms in total. The van der Waals surface area contributed by atoms with Gasteiger partial charge in [-0.3, -0.25) is 9.48 Å². The van der Waals surface area contributed by atoms with E-state index in [1.807, 2.05) is 4.57 Å². The molecule has 1 N–H and O–H groups in total. The fourth-order valence-electron chi connectivity index (χ4n) is 4.95. The summed E-state index contributed by atoms with van der Waals surface area (Å²) in [4.78, 5) is 29.7.